The van der Waals surface area contributed by atoms with E-state index in [-0.39, 0.29) is 5.91 Å². The highest BCUT2D eigenvalue weighted by Gasteiger charge is 2.13. The molecular formula is C18H21BrN2O2. The maximum atomic E-state index is 12.5. The molecule has 0 aromatic heterocycles. The number of ether oxygens (including phenoxy) is 1. The molecule has 0 spiro atoms. The van der Waals surface area contributed by atoms with Gasteiger partial charge in [0.25, 0.3) is 5.91 Å². The summed E-state index contributed by atoms with van der Waals surface area (Å²) in [5, 5.41) is 0. The monoisotopic (exact) mass is 376 g/mol. The van der Waals surface area contributed by atoms with Crippen molar-refractivity contribution in [1.82, 2.24) is 4.90 Å². The molecule has 0 aliphatic carbocycles. The van der Waals surface area contributed by atoms with E-state index >= 15 is 0 Å². The second kappa shape index (κ2) is 8.70. The Hall–Kier alpha value is -1.85. The Kier molecular flexibility index (Phi) is 6.62. The average Bonchev–Trinajstić information content (AvgIpc) is 2.60. The fraction of sp³-hybridized carbons (Fsp3) is 0.278. The number of benzene rings is 2. The molecule has 2 N–H and O–H groups in total. The van der Waals surface area contributed by atoms with Crippen LogP contribution in [0.25, 0.3) is 0 Å². The van der Waals surface area contributed by atoms with Gasteiger partial charge in [-0.3, -0.25) is 4.79 Å². The van der Waals surface area contributed by atoms with Crippen molar-refractivity contribution < 1.29 is 9.53 Å². The van der Waals surface area contributed by atoms with E-state index in [0.29, 0.717) is 31.8 Å². The second-order valence-corrected chi connectivity index (χ2v) is 6.00. The molecule has 1 amide bonds. The van der Waals surface area contributed by atoms with Crippen molar-refractivity contribution in [2.75, 3.05) is 19.7 Å². The zero-order chi connectivity index (χ0) is 16.7. The maximum absolute atomic E-state index is 12.5. The van der Waals surface area contributed by atoms with Crippen LogP contribution in [0.5, 0.6) is 5.75 Å². The highest BCUT2D eigenvalue weighted by Crippen LogP contribution is 2.16. The Labute approximate surface area is 145 Å². The smallest absolute Gasteiger partial charge is 0.253 e. The number of nitrogens with two attached hydrogens (primary N) is 1. The van der Waals surface area contributed by atoms with Crippen LogP contribution >= 0.6 is 15.9 Å². The lowest BCUT2D eigenvalue weighted by Crippen LogP contribution is -2.34. The van der Waals surface area contributed by atoms with Gasteiger partial charge in [0.2, 0.25) is 0 Å². The zero-order valence-corrected chi connectivity index (χ0v) is 14.8. The highest BCUT2D eigenvalue weighted by molar-refractivity contribution is 9.10. The van der Waals surface area contributed by atoms with E-state index < -0.39 is 0 Å². The van der Waals surface area contributed by atoms with Gasteiger partial charge in [0.05, 0.1) is 6.54 Å². The quantitative estimate of drug-likeness (QED) is 0.804. The molecule has 0 fully saturated rings. The van der Waals surface area contributed by atoms with E-state index in [1.54, 1.807) is 4.90 Å². The van der Waals surface area contributed by atoms with Gasteiger partial charge in [-0.25, -0.2) is 0 Å². The molecule has 0 heterocycles. The molecule has 0 bridgehead atoms. The van der Waals surface area contributed by atoms with E-state index in [2.05, 4.69) is 15.9 Å². The number of nitrogens with zero attached hydrogens (tertiary/aromatic N) is 1. The van der Waals surface area contributed by atoms with Crippen LogP contribution in [0.15, 0.2) is 53.0 Å². The van der Waals surface area contributed by atoms with Gasteiger partial charge in [0.1, 0.15) is 12.4 Å². The first-order chi connectivity index (χ1) is 11.1. The van der Waals surface area contributed by atoms with Crippen LogP contribution in [0.2, 0.25) is 0 Å². The summed E-state index contributed by atoms with van der Waals surface area (Å²) in [7, 11) is 0. The topological polar surface area (TPSA) is 55.6 Å². The molecule has 2 aromatic rings. The molecule has 0 saturated carbocycles. The molecule has 4 nitrogen and oxygen atoms in total. The number of hydrogen-bond donors (Lipinski definition) is 1. The molecule has 0 aliphatic heterocycles. The first-order valence-corrected chi connectivity index (χ1v) is 8.40. The zero-order valence-electron chi connectivity index (χ0n) is 13.2. The summed E-state index contributed by atoms with van der Waals surface area (Å²) in [6, 6.07) is 15.1. The van der Waals surface area contributed by atoms with Crippen molar-refractivity contribution >= 4 is 21.8 Å². The number of amides is 1. The Morgan fingerprint density at radius 1 is 1.13 bits per heavy atom. The predicted molar refractivity (Wildman–Crippen MR) is 95.5 cm³/mol. The Balaban J connectivity index is 1.90. The van der Waals surface area contributed by atoms with E-state index in [0.717, 1.165) is 15.8 Å². The summed E-state index contributed by atoms with van der Waals surface area (Å²) in [6.45, 7) is 4.09. The summed E-state index contributed by atoms with van der Waals surface area (Å²) in [4.78, 5) is 14.3. The minimum absolute atomic E-state index is 0.00970. The molecule has 2 rings (SSSR count). The number of halogens is 1. The third kappa shape index (κ3) is 5.08. The molecule has 0 unspecified atom stereocenters. The lowest BCUT2D eigenvalue weighted by Gasteiger charge is -2.21. The molecule has 122 valence electrons. The minimum atomic E-state index is 0.00970. The lowest BCUT2D eigenvalue weighted by molar-refractivity contribution is 0.0740. The van der Waals surface area contributed by atoms with Gasteiger partial charge in [-0.15, -0.1) is 0 Å². The van der Waals surface area contributed by atoms with Crippen LogP contribution in [-0.2, 0) is 6.54 Å². The minimum Gasteiger partial charge on any atom is -0.492 e. The van der Waals surface area contributed by atoms with Crippen LogP contribution in [0.4, 0.5) is 0 Å². The van der Waals surface area contributed by atoms with E-state index in [4.69, 9.17) is 10.5 Å². The molecule has 0 aliphatic rings. The molecule has 0 atom stereocenters. The van der Waals surface area contributed by atoms with Gasteiger partial charge in [-0.1, -0.05) is 28.1 Å². The lowest BCUT2D eigenvalue weighted by atomic mass is 10.1. The molecule has 5 heteroatoms. The number of likely N-dealkylation sites (N-methyl/N-ethyl adjacent to an activating group) is 1. The van der Waals surface area contributed by atoms with Crippen molar-refractivity contribution in [3.05, 3.63) is 64.1 Å². The number of rotatable bonds is 7. The Morgan fingerprint density at radius 2 is 1.78 bits per heavy atom. The fourth-order valence-corrected chi connectivity index (χ4v) is 2.44. The molecule has 0 radical (unpaired) electrons. The second-order valence-electron chi connectivity index (χ2n) is 5.09. The standard InChI is InChI=1S/C18H21BrN2O2/c1-2-21(11-12-23-17-9-7-16(19)8-10-17)18(22)15-5-3-14(13-20)4-6-15/h3-10H,2,11-13,20H2,1H3. The van der Waals surface area contributed by atoms with Gasteiger partial charge in [-0.2, -0.15) is 0 Å². The molecule has 2 aromatic carbocycles. The van der Waals surface area contributed by atoms with Crippen molar-refractivity contribution in [2.45, 2.75) is 13.5 Å². The average molecular weight is 377 g/mol. The highest BCUT2D eigenvalue weighted by atomic mass is 79.9. The van der Waals surface area contributed by atoms with Gasteiger partial charge in [0, 0.05) is 23.1 Å². The summed E-state index contributed by atoms with van der Waals surface area (Å²) < 4.78 is 6.69. The van der Waals surface area contributed by atoms with Crippen molar-refractivity contribution in [3.63, 3.8) is 0 Å². The van der Waals surface area contributed by atoms with Crippen LogP contribution in [-0.4, -0.2) is 30.5 Å². The van der Waals surface area contributed by atoms with Crippen LogP contribution in [0.3, 0.4) is 0 Å². The van der Waals surface area contributed by atoms with Crippen molar-refractivity contribution in [1.29, 1.82) is 0 Å². The summed E-state index contributed by atoms with van der Waals surface area (Å²) in [5.41, 5.74) is 7.27. The molecular weight excluding hydrogens is 356 g/mol. The summed E-state index contributed by atoms with van der Waals surface area (Å²) in [5.74, 6) is 0.805. The predicted octanol–water partition coefficient (Wildman–Crippen LogP) is 3.45. The summed E-state index contributed by atoms with van der Waals surface area (Å²) >= 11 is 3.39. The van der Waals surface area contributed by atoms with Gasteiger partial charge in [-0.05, 0) is 48.9 Å². The Bertz CT molecular complexity index is 626. The first-order valence-electron chi connectivity index (χ1n) is 7.60. The summed E-state index contributed by atoms with van der Waals surface area (Å²) in [6.07, 6.45) is 0. The van der Waals surface area contributed by atoms with Crippen LogP contribution in [0.1, 0.15) is 22.8 Å². The maximum Gasteiger partial charge on any atom is 0.253 e. The fourth-order valence-electron chi connectivity index (χ4n) is 2.17. The van der Waals surface area contributed by atoms with Crippen LogP contribution in [0, 0.1) is 0 Å². The Morgan fingerprint density at radius 3 is 2.35 bits per heavy atom. The van der Waals surface area contributed by atoms with E-state index in [1.165, 1.54) is 0 Å². The number of carbonyl (C=O) groups is 1. The number of hydrogen-bond acceptors (Lipinski definition) is 3. The van der Waals surface area contributed by atoms with E-state index in [1.807, 2.05) is 55.5 Å². The van der Waals surface area contributed by atoms with Gasteiger partial charge in [0.15, 0.2) is 0 Å². The SMILES string of the molecule is CCN(CCOc1ccc(Br)cc1)C(=O)c1ccc(CN)cc1. The van der Waals surface area contributed by atoms with E-state index in [9.17, 15) is 4.79 Å². The third-order valence-electron chi connectivity index (χ3n) is 3.55. The normalized spacial score (nSPS) is 10.4. The van der Waals surface area contributed by atoms with Crippen LogP contribution < -0.4 is 10.5 Å². The van der Waals surface area contributed by atoms with Crippen molar-refractivity contribution in [3.8, 4) is 5.75 Å². The number of carbonyl (C=O) groups excluding carboxylic acids is 1. The molecule has 23 heavy (non-hydrogen) atoms. The molecule has 0 saturated heterocycles. The first kappa shape index (κ1) is 17.5. The van der Waals surface area contributed by atoms with Gasteiger partial charge < -0.3 is 15.4 Å². The third-order valence-corrected chi connectivity index (χ3v) is 4.08. The van der Waals surface area contributed by atoms with Gasteiger partial charge >= 0.3 is 0 Å². The largest absolute Gasteiger partial charge is 0.492 e. The van der Waals surface area contributed by atoms with Crippen molar-refractivity contribution in [2.24, 2.45) is 5.73 Å².